The average Bonchev–Trinajstić information content (AvgIpc) is 2.80. The Morgan fingerprint density at radius 2 is 1.89 bits per heavy atom. The highest BCUT2D eigenvalue weighted by Gasteiger charge is 2.42. The maximum absolute atomic E-state index is 12.6. The molecule has 2 amide bonds. The average molecular weight is 389 g/mol. The van der Waals surface area contributed by atoms with E-state index in [4.69, 9.17) is 0 Å². The number of nitrogens with one attached hydrogen (secondary N) is 1. The molecule has 2 aromatic rings. The summed E-state index contributed by atoms with van der Waals surface area (Å²) in [6.07, 6.45) is 0. The van der Waals surface area contributed by atoms with Crippen molar-refractivity contribution < 1.29 is 22.9 Å². The SMILES string of the molecule is CC(C)N1C(=O)c2ccc(C(=O)Nc3cccc([N+](=O)[O-])c3)cc2S1(=O)=O. The first-order valence-electron chi connectivity index (χ1n) is 7.91. The Balaban J connectivity index is 1.94. The highest BCUT2D eigenvalue weighted by Crippen LogP contribution is 2.32. The lowest BCUT2D eigenvalue weighted by molar-refractivity contribution is -0.384. The van der Waals surface area contributed by atoms with Crippen molar-refractivity contribution in [1.82, 2.24) is 4.31 Å². The number of fused-ring (bicyclic) bond motifs is 1. The van der Waals surface area contributed by atoms with Gasteiger partial charge in [0.2, 0.25) is 0 Å². The Kier molecular flexibility index (Phi) is 4.44. The number of anilines is 1. The first kappa shape index (κ1) is 18.5. The number of nitro benzene ring substituents is 1. The Hall–Kier alpha value is -3.27. The van der Waals surface area contributed by atoms with Crippen LogP contribution in [-0.4, -0.2) is 35.5 Å². The molecule has 0 atom stereocenters. The first-order chi connectivity index (χ1) is 12.6. The van der Waals surface area contributed by atoms with Crippen LogP contribution in [0, 0.1) is 10.1 Å². The second-order valence-corrected chi connectivity index (χ2v) is 7.96. The molecule has 0 bridgehead atoms. The van der Waals surface area contributed by atoms with Crippen LogP contribution < -0.4 is 5.32 Å². The molecule has 0 saturated carbocycles. The second-order valence-electron chi connectivity index (χ2n) is 6.17. The van der Waals surface area contributed by atoms with Gasteiger partial charge in [0, 0.05) is 29.4 Å². The van der Waals surface area contributed by atoms with Crippen molar-refractivity contribution in [1.29, 1.82) is 0 Å². The zero-order valence-electron chi connectivity index (χ0n) is 14.4. The first-order valence-corrected chi connectivity index (χ1v) is 9.35. The molecule has 0 aliphatic carbocycles. The molecular formula is C17H15N3O6S. The van der Waals surface area contributed by atoms with E-state index < -0.39 is 32.8 Å². The number of nitrogens with zero attached hydrogens (tertiary/aromatic N) is 2. The van der Waals surface area contributed by atoms with Crippen LogP contribution in [-0.2, 0) is 10.0 Å². The van der Waals surface area contributed by atoms with E-state index in [0.717, 1.165) is 10.4 Å². The third kappa shape index (κ3) is 3.14. The van der Waals surface area contributed by atoms with Gasteiger partial charge in [-0.05, 0) is 38.1 Å². The molecule has 9 nitrogen and oxygen atoms in total. The number of sulfonamides is 1. The van der Waals surface area contributed by atoms with Gasteiger partial charge in [0.1, 0.15) is 4.90 Å². The number of benzene rings is 2. The smallest absolute Gasteiger partial charge is 0.271 e. The molecule has 1 aliphatic rings. The summed E-state index contributed by atoms with van der Waals surface area (Å²) >= 11 is 0. The predicted molar refractivity (Wildman–Crippen MR) is 96.0 cm³/mol. The molecule has 1 N–H and O–H groups in total. The molecule has 27 heavy (non-hydrogen) atoms. The summed E-state index contributed by atoms with van der Waals surface area (Å²) in [5.41, 5.74) is 0.0257. The van der Waals surface area contributed by atoms with Crippen molar-refractivity contribution >= 4 is 33.2 Å². The third-order valence-electron chi connectivity index (χ3n) is 4.00. The van der Waals surface area contributed by atoms with Crippen molar-refractivity contribution in [2.24, 2.45) is 0 Å². The van der Waals surface area contributed by atoms with Gasteiger partial charge in [0.25, 0.3) is 27.5 Å². The zero-order chi connectivity index (χ0) is 19.9. The summed E-state index contributed by atoms with van der Waals surface area (Å²) in [5, 5.41) is 13.3. The summed E-state index contributed by atoms with van der Waals surface area (Å²) in [4.78, 5) is 34.7. The van der Waals surface area contributed by atoms with Crippen LogP contribution in [0.15, 0.2) is 47.4 Å². The fourth-order valence-electron chi connectivity index (χ4n) is 2.80. The van der Waals surface area contributed by atoms with Gasteiger partial charge in [-0.2, -0.15) is 0 Å². The zero-order valence-corrected chi connectivity index (χ0v) is 15.2. The summed E-state index contributed by atoms with van der Waals surface area (Å²) in [6, 6.07) is 8.56. The summed E-state index contributed by atoms with van der Waals surface area (Å²) in [6.45, 7) is 3.16. The normalized spacial score (nSPS) is 14.9. The largest absolute Gasteiger partial charge is 0.322 e. The van der Waals surface area contributed by atoms with Crippen molar-refractivity contribution in [2.45, 2.75) is 24.8 Å². The summed E-state index contributed by atoms with van der Waals surface area (Å²) < 4.78 is 26.0. The molecule has 0 unspecified atom stereocenters. The van der Waals surface area contributed by atoms with E-state index in [1.165, 1.54) is 36.4 Å². The Labute approximate surface area is 154 Å². The number of carbonyl (C=O) groups excluding carboxylic acids is 2. The molecule has 1 aliphatic heterocycles. The van der Waals surface area contributed by atoms with Gasteiger partial charge in [-0.25, -0.2) is 12.7 Å². The molecule has 140 valence electrons. The minimum atomic E-state index is -4.03. The highest BCUT2D eigenvalue weighted by molar-refractivity contribution is 7.90. The van der Waals surface area contributed by atoms with E-state index in [2.05, 4.69) is 5.32 Å². The van der Waals surface area contributed by atoms with Crippen molar-refractivity contribution in [3.8, 4) is 0 Å². The summed E-state index contributed by atoms with van der Waals surface area (Å²) in [5.74, 6) is -1.28. The Morgan fingerprint density at radius 1 is 1.19 bits per heavy atom. The number of rotatable bonds is 4. The van der Waals surface area contributed by atoms with Gasteiger partial charge in [-0.15, -0.1) is 0 Å². The van der Waals surface area contributed by atoms with Gasteiger partial charge in [-0.3, -0.25) is 19.7 Å². The van der Waals surface area contributed by atoms with Crippen LogP contribution in [0.25, 0.3) is 0 Å². The van der Waals surface area contributed by atoms with E-state index >= 15 is 0 Å². The highest BCUT2D eigenvalue weighted by atomic mass is 32.2. The number of non-ortho nitro benzene ring substituents is 1. The topological polar surface area (TPSA) is 127 Å². The van der Waals surface area contributed by atoms with Gasteiger partial charge in [0.15, 0.2) is 0 Å². The molecular weight excluding hydrogens is 374 g/mol. The number of hydrogen-bond acceptors (Lipinski definition) is 6. The van der Waals surface area contributed by atoms with E-state index in [-0.39, 0.29) is 27.4 Å². The minimum Gasteiger partial charge on any atom is -0.322 e. The standard InChI is InChI=1S/C17H15N3O6S/c1-10(2)19-17(22)14-7-6-11(8-15(14)27(19,25)26)16(21)18-12-4-3-5-13(9-12)20(23)24/h3-10H,1-2H3,(H,18,21). The van der Waals surface area contributed by atoms with Gasteiger partial charge < -0.3 is 5.32 Å². The van der Waals surface area contributed by atoms with Gasteiger partial charge in [0.05, 0.1) is 10.5 Å². The van der Waals surface area contributed by atoms with E-state index in [1.807, 2.05) is 0 Å². The van der Waals surface area contributed by atoms with Crippen LogP contribution >= 0.6 is 0 Å². The number of hydrogen-bond donors (Lipinski definition) is 1. The molecule has 10 heteroatoms. The van der Waals surface area contributed by atoms with Gasteiger partial charge in [-0.1, -0.05) is 6.07 Å². The van der Waals surface area contributed by atoms with Crippen molar-refractivity contribution in [2.75, 3.05) is 5.32 Å². The fraction of sp³-hybridized carbons (Fsp3) is 0.176. The molecule has 0 saturated heterocycles. The van der Waals surface area contributed by atoms with Crippen molar-refractivity contribution in [3.05, 3.63) is 63.7 Å². The van der Waals surface area contributed by atoms with E-state index in [1.54, 1.807) is 13.8 Å². The van der Waals surface area contributed by atoms with Crippen molar-refractivity contribution in [3.63, 3.8) is 0 Å². The molecule has 0 radical (unpaired) electrons. The molecule has 0 fully saturated rings. The quantitative estimate of drug-likeness (QED) is 0.632. The predicted octanol–water partition coefficient (Wildman–Crippen LogP) is 2.40. The molecule has 0 spiro atoms. The van der Waals surface area contributed by atoms with E-state index in [0.29, 0.717) is 0 Å². The second kappa shape index (κ2) is 6.47. The molecule has 3 rings (SSSR count). The molecule has 1 heterocycles. The Bertz CT molecular complexity index is 1080. The lowest BCUT2D eigenvalue weighted by Crippen LogP contribution is -2.36. The molecule has 0 aromatic heterocycles. The maximum atomic E-state index is 12.6. The van der Waals surface area contributed by atoms with E-state index in [9.17, 15) is 28.1 Å². The van der Waals surface area contributed by atoms with Gasteiger partial charge >= 0.3 is 0 Å². The molecule has 2 aromatic carbocycles. The number of carbonyl (C=O) groups is 2. The Morgan fingerprint density at radius 3 is 2.52 bits per heavy atom. The third-order valence-corrected chi connectivity index (χ3v) is 5.99. The summed E-state index contributed by atoms with van der Waals surface area (Å²) in [7, 11) is -4.03. The monoisotopic (exact) mass is 389 g/mol. The number of nitro groups is 1. The maximum Gasteiger partial charge on any atom is 0.271 e. The van der Waals surface area contributed by atoms with Crippen LogP contribution in [0.2, 0.25) is 0 Å². The lowest BCUT2D eigenvalue weighted by atomic mass is 10.1. The fourth-order valence-corrected chi connectivity index (χ4v) is 4.59. The van der Waals surface area contributed by atoms with Crippen LogP contribution in [0.4, 0.5) is 11.4 Å². The van der Waals surface area contributed by atoms with Crippen LogP contribution in [0.5, 0.6) is 0 Å². The van der Waals surface area contributed by atoms with Crippen LogP contribution in [0.3, 0.4) is 0 Å². The van der Waals surface area contributed by atoms with Crippen LogP contribution in [0.1, 0.15) is 34.6 Å². The lowest BCUT2D eigenvalue weighted by Gasteiger charge is -2.18. The number of amides is 2. The minimum absolute atomic E-state index is 0.00981.